The molecule has 0 spiro atoms. The van der Waals surface area contributed by atoms with Crippen LogP contribution in [0, 0.1) is 20.8 Å². The number of fused-ring (bicyclic) bond motifs is 10. The Balaban J connectivity index is 1.17. The number of hydrogen-bond donors (Lipinski definition) is 0. The molecule has 3 heterocycles. The molecule has 0 unspecified atom stereocenters. The van der Waals surface area contributed by atoms with E-state index in [1.54, 1.807) is 0 Å². The van der Waals surface area contributed by atoms with Gasteiger partial charge < -0.3 is 14.2 Å². The molecule has 5 aliphatic rings. The molecule has 0 radical (unpaired) electrons. The van der Waals surface area contributed by atoms with E-state index in [1.165, 1.54) is 146 Å². The molecule has 3 nitrogen and oxygen atoms in total. The molecule has 1 aromatic heterocycles. The third kappa shape index (κ3) is 8.17. The van der Waals surface area contributed by atoms with E-state index < -0.39 is 0 Å². The monoisotopic (exact) mass is 1090 g/mol. The lowest BCUT2D eigenvalue weighted by Gasteiger charge is -2.48. The summed E-state index contributed by atoms with van der Waals surface area (Å²) < 4.78 is 7.35. The van der Waals surface area contributed by atoms with Gasteiger partial charge >= 0.3 is 0 Å². The van der Waals surface area contributed by atoms with Gasteiger partial charge in [-0.2, -0.15) is 0 Å². The van der Waals surface area contributed by atoms with Crippen LogP contribution in [0.15, 0.2) is 132 Å². The smallest absolute Gasteiger partial charge is 0.252 e. The number of anilines is 6. The lowest BCUT2D eigenvalue weighted by Crippen LogP contribution is -2.62. The predicted molar refractivity (Wildman–Crippen MR) is 357 cm³/mol. The van der Waals surface area contributed by atoms with Crippen LogP contribution < -0.4 is 26.2 Å². The van der Waals surface area contributed by atoms with Gasteiger partial charge in [-0.25, -0.2) is 0 Å². The average molecular weight is 1090 g/mol. The van der Waals surface area contributed by atoms with E-state index in [0.29, 0.717) is 0 Å². The van der Waals surface area contributed by atoms with Crippen LogP contribution in [0.5, 0.6) is 0 Å². The van der Waals surface area contributed by atoms with E-state index >= 15 is 0 Å². The zero-order chi connectivity index (χ0) is 58.6. The van der Waals surface area contributed by atoms with Crippen LogP contribution in [0.25, 0.3) is 44.2 Å². The molecule has 0 amide bonds. The molecule has 0 fully saturated rings. The number of aryl methyl sites for hydroxylation is 3. The van der Waals surface area contributed by atoms with Gasteiger partial charge in [-0.3, -0.25) is 0 Å². The first-order valence-electron chi connectivity index (χ1n) is 31.4. The van der Waals surface area contributed by atoms with Crippen LogP contribution in [0.1, 0.15) is 198 Å². The lowest BCUT2D eigenvalue weighted by atomic mass is 9.33. The maximum Gasteiger partial charge on any atom is 0.252 e. The molecule has 83 heavy (non-hydrogen) atoms. The summed E-state index contributed by atoms with van der Waals surface area (Å²) in [7, 11) is 0. The van der Waals surface area contributed by atoms with E-state index in [0.717, 1.165) is 43.3 Å². The summed E-state index contributed by atoms with van der Waals surface area (Å²) in [5.74, 6) is 0. The second-order valence-electron chi connectivity index (χ2n) is 31.5. The number of furan rings is 1. The first kappa shape index (κ1) is 54.2. The molecule has 14 rings (SSSR count). The van der Waals surface area contributed by atoms with Crippen molar-refractivity contribution in [1.29, 1.82) is 0 Å². The van der Waals surface area contributed by atoms with Crippen LogP contribution in [0.3, 0.4) is 0 Å². The number of nitrogens with zero attached hydrogens (tertiary/aromatic N) is 2. The van der Waals surface area contributed by atoms with Crippen molar-refractivity contribution >= 4 is 79.2 Å². The summed E-state index contributed by atoms with van der Waals surface area (Å²) in [6, 6.07) is 51.5. The van der Waals surface area contributed by atoms with Crippen molar-refractivity contribution in [2.45, 2.75) is 201 Å². The summed E-state index contributed by atoms with van der Waals surface area (Å²) in [5, 5.41) is 2.41. The molecule has 0 N–H and O–H groups in total. The van der Waals surface area contributed by atoms with Gasteiger partial charge in [0.1, 0.15) is 11.2 Å². The molecule has 2 aliphatic heterocycles. The van der Waals surface area contributed by atoms with Crippen molar-refractivity contribution in [2.75, 3.05) is 9.80 Å². The van der Waals surface area contributed by atoms with Crippen LogP contribution >= 0.6 is 0 Å². The highest BCUT2D eigenvalue weighted by molar-refractivity contribution is 7.00. The van der Waals surface area contributed by atoms with E-state index in [1.807, 2.05) is 0 Å². The Bertz CT molecular complexity index is 4220. The van der Waals surface area contributed by atoms with E-state index in [-0.39, 0.29) is 44.6 Å². The first-order valence-corrected chi connectivity index (χ1v) is 31.4. The van der Waals surface area contributed by atoms with Crippen molar-refractivity contribution in [3.05, 3.63) is 183 Å². The number of hydrogen-bond acceptors (Lipinski definition) is 3. The van der Waals surface area contributed by atoms with Crippen molar-refractivity contribution in [1.82, 2.24) is 0 Å². The van der Waals surface area contributed by atoms with Crippen LogP contribution in [-0.4, -0.2) is 6.71 Å². The Labute approximate surface area is 497 Å². The minimum Gasteiger partial charge on any atom is -0.456 e. The predicted octanol–water partition coefficient (Wildman–Crippen LogP) is 20.3. The molecule has 0 saturated carbocycles. The molecule has 422 valence electrons. The summed E-state index contributed by atoms with van der Waals surface area (Å²) in [6.45, 7) is 43.5. The van der Waals surface area contributed by atoms with Crippen LogP contribution in [0.2, 0.25) is 0 Å². The Morgan fingerprint density at radius 1 is 0.410 bits per heavy atom. The molecule has 3 aliphatic carbocycles. The van der Waals surface area contributed by atoms with Crippen molar-refractivity contribution in [3.8, 4) is 22.3 Å². The molecule has 4 heteroatoms. The van der Waals surface area contributed by atoms with E-state index in [4.69, 9.17) is 4.42 Å². The zero-order valence-corrected chi connectivity index (χ0v) is 53.2. The quantitative estimate of drug-likeness (QED) is 0.164. The highest BCUT2D eigenvalue weighted by Crippen LogP contribution is 2.56. The summed E-state index contributed by atoms with van der Waals surface area (Å²) in [5.41, 5.74) is 32.4. The Hall–Kier alpha value is -6.78. The third-order valence-electron chi connectivity index (χ3n) is 21.9. The largest absolute Gasteiger partial charge is 0.456 e. The molecular weight excluding hydrogens is 1000 g/mol. The third-order valence-corrected chi connectivity index (χ3v) is 21.9. The fourth-order valence-corrected chi connectivity index (χ4v) is 16.5. The van der Waals surface area contributed by atoms with Gasteiger partial charge in [0.2, 0.25) is 0 Å². The maximum absolute atomic E-state index is 7.35. The van der Waals surface area contributed by atoms with Gasteiger partial charge in [0.25, 0.3) is 6.71 Å². The van der Waals surface area contributed by atoms with Crippen molar-refractivity contribution in [2.24, 2.45) is 0 Å². The normalized spacial score (nSPS) is 19.2. The Kier molecular flexibility index (Phi) is 11.5. The topological polar surface area (TPSA) is 19.6 Å². The van der Waals surface area contributed by atoms with Crippen LogP contribution in [-0.2, 0) is 37.9 Å². The minimum atomic E-state index is -0.0951. The van der Waals surface area contributed by atoms with E-state index in [2.05, 4.69) is 262 Å². The maximum atomic E-state index is 7.35. The fourth-order valence-electron chi connectivity index (χ4n) is 16.5. The Morgan fingerprint density at radius 2 is 0.904 bits per heavy atom. The van der Waals surface area contributed by atoms with Gasteiger partial charge in [-0.15, -0.1) is 0 Å². The minimum absolute atomic E-state index is 0.00545. The van der Waals surface area contributed by atoms with Crippen LogP contribution in [0.4, 0.5) is 34.1 Å². The molecule has 0 bridgehead atoms. The second kappa shape index (κ2) is 17.7. The zero-order valence-electron chi connectivity index (χ0n) is 53.2. The van der Waals surface area contributed by atoms with Gasteiger partial charge in [0.15, 0.2) is 0 Å². The summed E-state index contributed by atoms with van der Waals surface area (Å²) in [4.78, 5) is 5.42. The first-order chi connectivity index (χ1) is 38.9. The average Bonchev–Trinajstić information content (AvgIpc) is 1.98. The second-order valence-corrected chi connectivity index (χ2v) is 31.5. The lowest BCUT2D eigenvalue weighted by molar-refractivity contribution is 0.332. The SMILES string of the molecule is Cc1cc(C)c(-c2cc3c4c(c2)N(c2ccc(C(C)(C)C)cc2-c2ccccc2)c2cc5oc6cc7c(cc6c5cc2B4c2cc4c(cc2N3c2ccc3c(c2)C(C)(C)CCC3(C)C)C(C)(C)CCC4(C)C)C(C)(C)CCC7(C)C)c(C)c1. The number of rotatable bonds is 4. The van der Waals surface area contributed by atoms with Gasteiger partial charge in [0, 0.05) is 50.8 Å². The van der Waals surface area contributed by atoms with E-state index in [9.17, 15) is 0 Å². The number of benzene rings is 8. The molecule has 8 aromatic carbocycles. The molecule has 0 atom stereocenters. The van der Waals surface area contributed by atoms with Gasteiger partial charge in [0.05, 0.1) is 5.69 Å². The standard InChI is InChI=1S/C79H87BN2O/c1-46-34-47(2)71(48(3)35-46)50-36-67-72-68(37-50)82(64-27-24-51(73(4,5)6)38-53(64)49-22-20-19-21-23-49)66-45-70-55(54-40-58-61(44-69(54)83-70)79(17,18)33-30-76(58,11)12)41-62(66)80(72)63-42-59-60(78(15,16)32-31-77(59,13)14)43-65(63)81(67)52-25-26-56-57(39-52)75(9,10)29-28-74(56,7)8/h19-27,34-45H,28-33H2,1-18H3. The highest BCUT2D eigenvalue weighted by Gasteiger charge is 2.49. The Morgan fingerprint density at radius 3 is 1.51 bits per heavy atom. The molecule has 9 aromatic rings. The summed E-state index contributed by atoms with van der Waals surface area (Å²) in [6.07, 6.45) is 6.94. The summed E-state index contributed by atoms with van der Waals surface area (Å²) >= 11 is 0. The molecular formula is C79H87BN2O. The highest BCUT2D eigenvalue weighted by atomic mass is 16.3. The van der Waals surface area contributed by atoms with Crippen molar-refractivity contribution < 1.29 is 4.42 Å². The van der Waals surface area contributed by atoms with Gasteiger partial charge in [-0.1, -0.05) is 176 Å². The van der Waals surface area contributed by atoms with Gasteiger partial charge in [-0.05, 0) is 235 Å². The van der Waals surface area contributed by atoms with Crippen molar-refractivity contribution in [3.63, 3.8) is 0 Å². The fraction of sp³-hybridized carbons (Fsp3) is 0.392. The molecule has 0 saturated heterocycles.